The van der Waals surface area contributed by atoms with Gasteiger partial charge in [-0.15, -0.1) is 0 Å². The van der Waals surface area contributed by atoms with Crippen LogP contribution in [0.1, 0.15) is 34.9 Å². The number of aromatic nitrogens is 2. The summed E-state index contributed by atoms with van der Waals surface area (Å²) in [6.07, 6.45) is 3.52. The largest absolute Gasteiger partial charge is 0.394 e. The summed E-state index contributed by atoms with van der Waals surface area (Å²) in [6.45, 7) is 1.04. The Kier molecular flexibility index (Phi) is 6.60. The Morgan fingerprint density at radius 2 is 2.06 bits per heavy atom. The minimum absolute atomic E-state index is 0.0262. The number of nitrogens with one attached hydrogen (secondary N) is 2. The van der Waals surface area contributed by atoms with Crippen molar-refractivity contribution in [2.24, 2.45) is 0 Å². The number of halogens is 2. The van der Waals surface area contributed by atoms with Crippen LogP contribution in [0.15, 0.2) is 42.6 Å². The van der Waals surface area contributed by atoms with Crippen LogP contribution in [0.2, 0.25) is 5.02 Å². The molecule has 1 fully saturated rings. The van der Waals surface area contributed by atoms with E-state index >= 15 is 0 Å². The minimum Gasteiger partial charge on any atom is -0.394 e. The summed E-state index contributed by atoms with van der Waals surface area (Å²) in [7, 11) is 0. The second-order valence-corrected chi connectivity index (χ2v) is 7.78. The first-order chi connectivity index (χ1) is 15.0. The second kappa shape index (κ2) is 9.55. The van der Waals surface area contributed by atoms with Gasteiger partial charge in [-0.25, -0.2) is 14.4 Å². The molecule has 3 aromatic rings. The molecule has 1 aromatic carbocycles. The topological polar surface area (TPSA) is 96.4 Å². The lowest BCUT2D eigenvalue weighted by atomic mass is 10.1. The minimum atomic E-state index is -0.792. The van der Waals surface area contributed by atoms with Crippen LogP contribution in [0.25, 0.3) is 10.9 Å². The molecule has 1 saturated heterocycles. The predicted octanol–water partition coefficient (Wildman–Crippen LogP) is 3.48. The van der Waals surface area contributed by atoms with E-state index in [4.69, 9.17) is 16.3 Å². The molecule has 1 unspecified atom stereocenters. The van der Waals surface area contributed by atoms with E-state index in [9.17, 15) is 14.3 Å². The van der Waals surface area contributed by atoms with Gasteiger partial charge in [0.15, 0.2) is 0 Å². The number of anilines is 1. The van der Waals surface area contributed by atoms with E-state index < -0.39 is 24.4 Å². The Labute approximate surface area is 183 Å². The van der Waals surface area contributed by atoms with Crippen molar-refractivity contribution in [2.75, 3.05) is 25.1 Å². The quantitative estimate of drug-likeness (QED) is 0.538. The van der Waals surface area contributed by atoms with Crippen molar-refractivity contribution >= 4 is 34.2 Å². The van der Waals surface area contributed by atoms with E-state index in [1.807, 2.05) is 0 Å². The predicted molar refractivity (Wildman–Crippen MR) is 116 cm³/mol. The van der Waals surface area contributed by atoms with Gasteiger partial charge in [-0.3, -0.25) is 4.79 Å². The van der Waals surface area contributed by atoms with E-state index in [0.717, 1.165) is 31.4 Å². The Morgan fingerprint density at radius 1 is 1.26 bits per heavy atom. The number of aliphatic hydroxyl groups is 1. The zero-order chi connectivity index (χ0) is 21.8. The SMILES string of the molecule is O=C(NC(CO)c1ccc(Cl)c(F)c1)c1ccc2cnc(NC3CCOCC3)cc2n1. The number of carbonyl (C=O) groups is 1. The number of fused-ring (bicyclic) bond motifs is 1. The molecule has 0 saturated carbocycles. The third-order valence-electron chi connectivity index (χ3n) is 5.21. The van der Waals surface area contributed by atoms with Gasteiger partial charge in [-0.1, -0.05) is 17.7 Å². The van der Waals surface area contributed by atoms with Gasteiger partial charge < -0.3 is 20.5 Å². The van der Waals surface area contributed by atoms with Crippen molar-refractivity contribution in [2.45, 2.75) is 24.9 Å². The molecule has 3 heterocycles. The lowest BCUT2D eigenvalue weighted by Crippen LogP contribution is -2.31. The average molecular weight is 445 g/mol. The number of ether oxygens (including phenoxy) is 1. The number of hydrogen-bond donors (Lipinski definition) is 3. The fraction of sp³-hybridized carbons (Fsp3) is 0.318. The summed E-state index contributed by atoms with van der Waals surface area (Å²) >= 11 is 5.71. The number of carbonyl (C=O) groups excluding carboxylic acids is 1. The van der Waals surface area contributed by atoms with Crippen molar-refractivity contribution in [1.82, 2.24) is 15.3 Å². The van der Waals surface area contributed by atoms with Crippen LogP contribution < -0.4 is 10.6 Å². The molecule has 7 nitrogen and oxygen atoms in total. The third-order valence-corrected chi connectivity index (χ3v) is 5.52. The standard InChI is InChI=1S/C22H22ClFN4O3/c23-16-3-1-13(9-17(16)24)20(12-29)28-22(30)18-4-2-14-11-25-21(10-19(14)27-18)26-15-5-7-31-8-6-15/h1-4,9-11,15,20,29H,5-8,12H2,(H,25,26)(H,28,30). The smallest absolute Gasteiger partial charge is 0.270 e. The molecule has 1 aliphatic rings. The molecule has 0 spiro atoms. The molecule has 4 rings (SSSR count). The first-order valence-corrected chi connectivity index (χ1v) is 10.4. The molecule has 9 heteroatoms. The molecule has 162 valence electrons. The maximum Gasteiger partial charge on any atom is 0.270 e. The van der Waals surface area contributed by atoms with E-state index in [2.05, 4.69) is 20.6 Å². The Balaban J connectivity index is 1.51. The highest BCUT2D eigenvalue weighted by Gasteiger charge is 2.18. The van der Waals surface area contributed by atoms with Crippen LogP contribution in [-0.4, -0.2) is 46.8 Å². The highest BCUT2D eigenvalue weighted by Crippen LogP contribution is 2.22. The van der Waals surface area contributed by atoms with Crippen molar-refractivity contribution in [3.63, 3.8) is 0 Å². The fourth-order valence-electron chi connectivity index (χ4n) is 3.47. The molecule has 3 N–H and O–H groups in total. The number of benzene rings is 1. The summed E-state index contributed by atoms with van der Waals surface area (Å²) in [5.74, 6) is -0.408. The number of nitrogens with zero attached hydrogens (tertiary/aromatic N) is 2. The van der Waals surface area contributed by atoms with Crippen LogP contribution >= 0.6 is 11.6 Å². The summed E-state index contributed by atoms with van der Waals surface area (Å²) in [5.41, 5.74) is 1.21. The number of pyridine rings is 2. The molecule has 0 aliphatic carbocycles. The number of aliphatic hydroxyl groups excluding tert-OH is 1. The van der Waals surface area contributed by atoms with Crippen LogP contribution in [0.3, 0.4) is 0 Å². The van der Waals surface area contributed by atoms with Gasteiger partial charge in [-0.2, -0.15) is 0 Å². The molecule has 0 radical (unpaired) electrons. The molecular weight excluding hydrogens is 423 g/mol. The van der Waals surface area contributed by atoms with Crippen LogP contribution in [0.5, 0.6) is 0 Å². The zero-order valence-electron chi connectivity index (χ0n) is 16.6. The lowest BCUT2D eigenvalue weighted by molar-refractivity contribution is 0.0902. The first kappa shape index (κ1) is 21.4. The zero-order valence-corrected chi connectivity index (χ0v) is 17.4. The summed E-state index contributed by atoms with van der Waals surface area (Å²) < 4.78 is 19.1. The first-order valence-electron chi connectivity index (χ1n) is 10.0. The average Bonchev–Trinajstić information content (AvgIpc) is 2.79. The molecule has 31 heavy (non-hydrogen) atoms. The highest BCUT2D eigenvalue weighted by atomic mass is 35.5. The maximum absolute atomic E-state index is 13.8. The van der Waals surface area contributed by atoms with Crippen LogP contribution in [0.4, 0.5) is 10.2 Å². The molecule has 1 amide bonds. The van der Waals surface area contributed by atoms with Gasteiger partial charge in [0.2, 0.25) is 0 Å². The Morgan fingerprint density at radius 3 is 2.81 bits per heavy atom. The summed E-state index contributed by atoms with van der Waals surface area (Å²) in [6, 6.07) is 8.78. The monoisotopic (exact) mass is 444 g/mol. The summed E-state index contributed by atoms with van der Waals surface area (Å²) in [5, 5.41) is 16.5. The lowest BCUT2D eigenvalue weighted by Gasteiger charge is -2.23. The van der Waals surface area contributed by atoms with E-state index in [-0.39, 0.29) is 16.8 Å². The van der Waals surface area contributed by atoms with Crippen LogP contribution in [-0.2, 0) is 4.74 Å². The number of hydrogen-bond acceptors (Lipinski definition) is 6. The van der Waals surface area contributed by atoms with Gasteiger partial charge in [0.25, 0.3) is 5.91 Å². The number of amides is 1. The normalized spacial score (nSPS) is 15.6. The molecule has 2 aromatic heterocycles. The molecule has 1 atom stereocenters. The Hall–Kier alpha value is -2.81. The summed E-state index contributed by atoms with van der Waals surface area (Å²) in [4.78, 5) is 21.6. The fourth-order valence-corrected chi connectivity index (χ4v) is 3.59. The maximum atomic E-state index is 13.8. The highest BCUT2D eigenvalue weighted by molar-refractivity contribution is 6.30. The van der Waals surface area contributed by atoms with E-state index in [1.54, 1.807) is 30.5 Å². The molecule has 1 aliphatic heterocycles. The van der Waals surface area contributed by atoms with Crippen molar-refractivity contribution < 1.29 is 19.0 Å². The van der Waals surface area contributed by atoms with Gasteiger partial charge in [0.1, 0.15) is 17.3 Å². The van der Waals surface area contributed by atoms with Crippen LogP contribution in [0, 0.1) is 5.82 Å². The van der Waals surface area contributed by atoms with Gasteiger partial charge in [-0.05, 0) is 42.7 Å². The van der Waals surface area contributed by atoms with E-state index in [1.165, 1.54) is 12.1 Å². The van der Waals surface area contributed by atoms with E-state index in [0.29, 0.717) is 16.9 Å². The molecule has 0 bridgehead atoms. The second-order valence-electron chi connectivity index (χ2n) is 7.37. The number of rotatable bonds is 6. The van der Waals surface area contributed by atoms with Crippen molar-refractivity contribution in [1.29, 1.82) is 0 Å². The van der Waals surface area contributed by atoms with Gasteiger partial charge >= 0.3 is 0 Å². The molecular formula is C22H22ClFN4O3. The third kappa shape index (κ3) is 5.10. The van der Waals surface area contributed by atoms with Gasteiger partial charge in [0.05, 0.1) is 23.2 Å². The van der Waals surface area contributed by atoms with Gasteiger partial charge in [0, 0.05) is 36.9 Å². The van der Waals surface area contributed by atoms with Crippen molar-refractivity contribution in [3.8, 4) is 0 Å². The Bertz CT molecular complexity index is 1090. The van der Waals surface area contributed by atoms with Crippen molar-refractivity contribution in [3.05, 3.63) is 64.7 Å².